The molecule has 1 aromatic heterocycles. The van der Waals surface area contributed by atoms with Crippen LogP contribution in [0.2, 0.25) is 5.02 Å². The molecule has 1 aromatic carbocycles. The van der Waals surface area contributed by atoms with Gasteiger partial charge in [0, 0.05) is 18.4 Å². The zero-order valence-corrected chi connectivity index (χ0v) is 11.1. The Balaban J connectivity index is 1.82. The third-order valence-electron chi connectivity index (χ3n) is 3.52. The monoisotopic (exact) mass is 261 g/mol. The molecule has 3 nitrogen and oxygen atoms in total. The van der Waals surface area contributed by atoms with E-state index in [9.17, 15) is 0 Å². The van der Waals surface area contributed by atoms with E-state index in [2.05, 4.69) is 34.7 Å². The van der Waals surface area contributed by atoms with Gasteiger partial charge in [0.2, 0.25) is 0 Å². The molecule has 0 aliphatic carbocycles. The van der Waals surface area contributed by atoms with Crippen molar-refractivity contribution in [2.45, 2.75) is 25.8 Å². The maximum absolute atomic E-state index is 6.07. The van der Waals surface area contributed by atoms with E-state index in [1.807, 2.05) is 17.8 Å². The highest BCUT2D eigenvalue weighted by Gasteiger charge is 2.18. The number of aryl methyl sites for hydroxylation is 2. The Labute approximate surface area is 112 Å². The topological polar surface area (TPSA) is 29.9 Å². The highest BCUT2D eigenvalue weighted by molar-refractivity contribution is 6.31. The Hall–Kier alpha value is -1.48. The molecule has 1 N–H and O–H groups in total. The predicted octanol–water partition coefficient (Wildman–Crippen LogP) is 3.44. The first kappa shape index (κ1) is 11.6. The predicted molar refractivity (Wildman–Crippen MR) is 74.3 cm³/mol. The van der Waals surface area contributed by atoms with E-state index < -0.39 is 0 Å². The number of benzene rings is 1. The van der Waals surface area contributed by atoms with E-state index in [0.29, 0.717) is 6.04 Å². The zero-order chi connectivity index (χ0) is 12.5. The average molecular weight is 262 g/mol. The summed E-state index contributed by atoms with van der Waals surface area (Å²) in [5.41, 5.74) is 3.53. The molecule has 0 amide bonds. The summed E-state index contributed by atoms with van der Waals surface area (Å²) in [6, 6.07) is 8.85. The largest absolute Gasteiger partial charge is 0.383 e. The molecule has 0 bridgehead atoms. The van der Waals surface area contributed by atoms with Crippen molar-refractivity contribution in [2.75, 3.05) is 11.9 Å². The molecule has 0 spiro atoms. The van der Waals surface area contributed by atoms with Crippen LogP contribution in [0.25, 0.3) is 0 Å². The second-order valence-corrected chi connectivity index (χ2v) is 5.18. The Bertz CT molecular complexity index is 515. The molecule has 1 aliphatic heterocycles. The van der Waals surface area contributed by atoms with Crippen molar-refractivity contribution in [3.05, 3.63) is 46.7 Å². The second kappa shape index (κ2) is 4.65. The average Bonchev–Trinajstić information content (AvgIpc) is 2.62. The summed E-state index contributed by atoms with van der Waals surface area (Å²) < 4.78 is 2.00. The fourth-order valence-electron chi connectivity index (χ4n) is 2.43. The number of nitrogens with one attached hydrogen (secondary N) is 1. The van der Waals surface area contributed by atoms with Crippen molar-refractivity contribution in [3.8, 4) is 0 Å². The normalized spacial score (nSPS) is 18.9. The van der Waals surface area contributed by atoms with Crippen LogP contribution in [0.4, 0.5) is 5.69 Å². The summed E-state index contributed by atoms with van der Waals surface area (Å²) in [4.78, 5) is 0. The fourth-order valence-corrected chi connectivity index (χ4v) is 2.57. The number of nitrogens with zero attached hydrogens (tertiary/aromatic N) is 2. The summed E-state index contributed by atoms with van der Waals surface area (Å²) in [6.45, 7) is 2.84. The molecule has 18 heavy (non-hydrogen) atoms. The number of rotatable bonds is 1. The molecule has 1 unspecified atom stereocenters. The third kappa shape index (κ3) is 2.10. The van der Waals surface area contributed by atoms with Gasteiger partial charge in [0.05, 0.1) is 16.8 Å². The Morgan fingerprint density at radius 2 is 2.22 bits per heavy atom. The lowest BCUT2D eigenvalue weighted by Gasteiger charge is -2.15. The van der Waals surface area contributed by atoms with Crippen molar-refractivity contribution in [2.24, 2.45) is 0 Å². The van der Waals surface area contributed by atoms with Gasteiger partial charge in [0.15, 0.2) is 0 Å². The fraction of sp³-hybridized carbons (Fsp3) is 0.357. The van der Waals surface area contributed by atoms with E-state index >= 15 is 0 Å². The molecular weight excluding hydrogens is 246 g/mol. The van der Waals surface area contributed by atoms with E-state index in [1.54, 1.807) is 0 Å². The van der Waals surface area contributed by atoms with Crippen molar-refractivity contribution in [1.82, 2.24) is 9.78 Å². The first-order valence-corrected chi connectivity index (χ1v) is 6.65. The second-order valence-electron chi connectivity index (χ2n) is 4.77. The number of hydrogen-bond donors (Lipinski definition) is 1. The van der Waals surface area contributed by atoms with Gasteiger partial charge in [-0.15, -0.1) is 0 Å². The lowest BCUT2D eigenvalue weighted by atomic mass is 10.1. The lowest BCUT2D eigenvalue weighted by Crippen LogP contribution is -2.18. The van der Waals surface area contributed by atoms with Gasteiger partial charge in [0.1, 0.15) is 0 Å². The third-order valence-corrected chi connectivity index (χ3v) is 3.89. The molecule has 0 fully saturated rings. The van der Waals surface area contributed by atoms with Crippen LogP contribution in [0.3, 0.4) is 0 Å². The number of aromatic nitrogens is 2. The molecule has 1 atom stereocenters. The minimum Gasteiger partial charge on any atom is -0.383 e. The van der Waals surface area contributed by atoms with Crippen molar-refractivity contribution in [1.29, 1.82) is 0 Å². The van der Waals surface area contributed by atoms with Crippen molar-refractivity contribution < 1.29 is 0 Å². The van der Waals surface area contributed by atoms with Gasteiger partial charge >= 0.3 is 0 Å². The molecule has 0 radical (unpaired) electrons. The van der Waals surface area contributed by atoms with Crippen LogP contribution < -0.4 is 5.32 Å². The quantitative estimate of drug-likeness (QED) is 0.852. The first-order chi connectivity index (χ1) is 8.74. The number of fused-ring (bicyclic) bond motifs is 1. The summed E-state index contributed by atoms with van der Waals surface area (Å²) in [5.74, 6) is 0. The molecule has 0 saturated carbocycles. The Morgan fingerprint density at radius 3 is 3.00 bits per heavy atom. The van der Waals surface area contributed by atoms with Crippen LogP contribution in [0.1, 0.15) is 23.7 Å². The van der Waals surface area contributed by atoms with E-state index in [1.165, 1.54) is 11.3 Å². The van der Waals surface area contributed by atoms with Gasteiger partial charge in [-0.25, -0.2) is 0 Å². The molecular formula is C14H16ClN3. The number of halogens is 1. The molecule has 94 valence electrons. The maximum Gasteiger partial charge on any atom is 0.0815 e. The highest BCUT2D eigenvalue weighted by Crippen LogP contribution is 2.26. The smallest absolute Gasteiger partial charge is 0.0815 e. The SMILES string of the molecule is Cc1nn(C2CCc3ccccc3NC2)cc1Cl. The van der Waals surface area contributed by atoms with Crippen molar-refractivity contribution in [3.63, 3.8) is 0 Å². The number of para-hydroxylation sites is 1. The van der Waals surface area contributed by atoms with Gasteiger partial charge in [0.25, 0.3) is 0 Å². The van der Waals surface area contributed by atoms with E-state index in [4.69, 9.17) is 11.6 Å². The summed E-state index contributed by atoms with van der Waals surface area (Å²) in [7, 11) is 0. The van der Waals surface area contributed by atoms with Crippen LogP contribution in [-0.2, 0) is 6.42 Å². The van der Waals surface area contributed by atoms with Gasteiger partial charge in [-0.2, -0.15) is 5.10 Å². The molecule has 0 saturated heterocycles. The van der Waals surface area contributed by atoms with Crippen LogP contribution >= 0.6 is 11.6 Å². The van der Waals surface area contributed by atoms with Crippen LogP contribution in [0.5, 0.6) is 0 Å². The lowest BCUT2D eigenvalue weighted by molar-refractivity contribution is 0.447. The van der Waals surface area contributed by atoms with Gasteiger partial charge in [-0.1, -0.05) is 29.8 Å². The summed E-state index contributed by atoms with van der Waals surface area (Å²) >= 11 is 6.07. The molecule has 1 aliphatic rings. The van der Waals surface area contributed by atoms with Crippen LogP contribution in [0, 0.1) is 6.92 Å². The maximum atomic E-state index is 6.07. The summed E-state index contributed by atoms with van der Waals surface area (Å²) in [5, 5.41) is 8.73. The molecule has 2 heterocycles. The van der Waals surface area contributed by atoms with Crippen LogP contribution in [0.15, 0.2) is 30.5 Å². The van der Waals surface area contributed by atoms with E-state index in [0.717, 1.165) is 30.1 Å². The zero-order valence-electron chi connectivity index (χ0n) is 10.4. The van der Waals surface area contributed by atoms with Gasteiger partial charge < -0.3 is 5.32 Å². The minimum atomic E-state index is 0.364. The Kier molecular flexibility index (Phi) is 3.00. The van der Waals surface area contributed by atoms with E-state index in [-0.39, 0.29) is 0 Å². The first-order valence-electron chi connectivity index (χ1n) is 6.27. The molecule has 2 aromatic rings. The van der Waals surface area contributed by atoms with Crippen molar-refractivity contribution >= 4 is 17.3 Å². The standard InChI is InChI=1S/C14H16ClN3/c1-10-13(15)9-18(17-10)12-7-6-11-4-2-3-5-14(11)16-8-12/h2-5,9,12,16H,6-8H2,1H3. The number of hydrogen-bond acceptors (Lipinski definition) is 2. The minimum absolute atomic E-state index is 0.364. The molecule has 4 heteroatoms. The summed E-state index contributed by atoms with van der Waals surface area (Å²) in [6.07, 6.45) is 4.09. The van der Waals surface area contributed by atoms with Crippen LogP contribution in [-0.4, -0.2) is 16.3 Å². The number of anilines is 1. The molecule has 3 rings (SSSR count). The Morgan fingerprint density at radius 1 is 1.39 bits per heavy atom. The highest BCUT2D eigenvalue weighted by atomic mass is 35.5. The van der Waals surface area contributed by atoms with Gasteiger partial charge in [-0.3, -0.25) is 4.68 Å². The van der Waals surface area contributed by atoms with Gasteiger partial charge in [-0.05, 0) is 31.4 Å².